The van der Waals surface area contributed by atoms with Gasteiger partial charge in [0.2, 0.25) is 5.91 Å². The molecule has 8 heteroatoms. The van der Waals surface area contributed by atoms with Gasteiger partial charge in [-0.05, 0) is 48.4 Å². The molecule has 1 amide bonds. The molecule has 0 aliphatic carbocycles. The number of nitrogens with one attached hydrogen (secondary N) is 2. The number of halogens is 2. The zero-order valence-corrected chi connectivity index (χ0v) is 16.8. The van der Waals surface area contributed by atoms with E-state index in [1.54, 1.807) is 12.1 Å². The molecule has 2 aromatic rings. The lowest BCUT2D eigenvalue weighted by Crippen LogP contribution is -2.39. The minimum Gasteiger partial charge on any atom is -0.490 e. The van der Waals surface area contributed by atoms with E-state index in [0.717, 1.165) is 17.1 Å². The van der Waals surface area contributed by atoms with Crippen molar-refractivity contribution in [1.29, 1.82) is 0 Å². The van der Waals surface area contributed by atoms with Gasteiger partial charge in [-0.15, -0.1) is 12.4 Å². The third-order valence-electron chi connectivity index (χ3n) is 4.25. The molecule has 0 spiro atoms. The summed E-state index contributed by atoms with van der Waals surface area (Å²) in [6, 6.07) is 14.4. The third-order valence-corrected chi connectivity index (χ3v) is 4.50. The molecule has 152 valence electrons. The first kappa shape index (κ1) is 22.3. The summed E-state index contributed by atoms with van der Waals surface area (Å²) in [5.74, 6) is 1.40. The quantitative estimate of drug-likeness (QED) is 0.565. The van der Waals surface area contributed by atoms with E-state index in [4.69, 9.17) is 21.1 Å². The molecule has 1 aliphatic rings. The van der Waals surface area contributed by atoms with Gasteiger partial charge in [0.15, 0.2) is 0 Å². The van der Waals surface area contributed by atoms with E-state index in [9.17, 15) is 9.90 Å². The van der Waals surface area contributed by atoms with Crippen LogP contribution in [0.15, 0.2) is 48.5 Å². The highest BCUT2D eigenvalue weighted by Crippen LogP contribution is 2.16. The molecule has 3 N–H and O–H groups in total. The van der Waals surface area contributed by atoms with Crippen LogP contribution in [0, 0.1) is 0 Å². The second-order valence-electron chi connectivity index (χ2n) is 6.36. The number of carbonyl (C=O) groups excluding carboxylic acids is 1. The SMILES string of the molecule is Cl.O=C(NCc1ccc(OCCOc2ccc(Cl)cc2)cc1)C1CC(O)CN1. The summed E-state index contributed by atoms with van der Waals surface area (Å²) in [6.07, 6.45) is 0.0114. The molecular formula is C20H24Cl2N2O4. The van der Waals surface area contributed by atoms with Gasteiger partial charge in [0.05, 0.1) is 12.1 Å². The summed E-state index contributed by atoms with van der Waals surface area (Å²) in [5, 5.41) is 16.0. The van der Waals surface area contributed by atoms with Crippen LogP contribution in [-0.4, -0.2) is 42.9 Å². The molecule has 2 atom stereocenters. The molecule has 1 fully saturated rings. The van der Waals surface area contributed by atoms with Crippen LogP contribution in [0.4, 0.5) is 0 Å². The molecule has 1 saturated heterocycles. The number of benzene rings is 2. The number of carbonyl (C=O) groups is 1. The van der Waals surface area contributed by atoms with Crippen LogP contribution in [-0.2, 0) is 11.3 Å². The van der Waals surface area contributed by atoms with Crippen molar-refractivity contribution in [1.82, 2.24) is 10.6 Å². The van der Waals surface area contributed by atoms with Crippen molar-refractivity contribution in [3.8, 4) is 11.5 Å². The minimum absolute atomic E-state index is 0. The van der Waals surface area contributed by atoms with Crippen molar-refractivity contribution in [3.05, 3.63) is 59.1 Å². The van der Waals surface area contributed by atoms with Gasteiger partial charge in [0, 0.05) is 18.1 Å². The Labute approximate surface area is 175 Å². The summed E-state index contributed by atoms with van der Waals surface area (Å²) in [7, 11) is 0. The van der Waals surface area contributed by atoms with Gasteiger partial charge in [0.1, 0.15) is 24.7 Å². The molecule has 3 rings (SSSR count). The fraction of sp³-hybridized carbons (Fsp3) is 0.350. The smallest absolute Gasteiger partial charge is 0.237 e. The Bertz CT molecular complexity index is 741. The van der Waals surface area contributed by atoms with Gasteiger partial charge >= 0.3 is 0 Å². The molecule has 1 aliphatic heterocycles. The van der Waals surface area contributed by atoms with E-state index >= 15 is 0 Å². The van der Waals surface area contributed by atoms with E-state index in [0.29, 0.717) is 37.7 Å². The first-order chi connectivity index (χ1) is 13.1. The van der Waals surface area contributed by atoms with E-state index < -0.39 is 6.10 Å². The zero-order valence-electron chi connectivity index (χ0n) is 15.3. The standard InChI is InChI=1S/C20H23ClN2O4.ClH/c21-15-3-7-18(8-4-15)27-10-9-26-17-5-1-14(2-6-17)12-23-20(25)19-11-16(24)13-22-19;/h1-8,16,19,22,24H,9-13H2,(H,23,25);1H. The van der Waals surface area contributed by atoms with Crippen LogP contribution in [0.2, 0.25) is 5.02 Å². The maximum Gasteiger partial charge on any atom is 0.237 e. The predicted octanol–water partition coefficient (Wildman–Crippen LogP) is 2.56. The van der Waals surface area contributed by atoms with E-state index in [1.807, 2.05) is 36.4 Å². The number of ether oxygens (including phenoxy) is 2. The molecule has 6 nitrogen and oxygen atoms in total. The Balaban J connectivity index is 0.00000280. The molecule has 0 radical (unpaired) electrons. The Morgan fingerprint density at radius 3 is 2.18 bits per heavy atom. The van der Waals surface area contributed by atoms with E-state index in [1.165, 1.54) is 0 Å². The highest BCUT2D eigenvalue weighted by Gasteiger charge is 2.27. The fourth-order valence-electron chi connectivity index (χ4n) is 2.78. The number of β-amino-alcohol motifs (C(OH)–C–C–N with tert-alkyl or cyclic N) is 1. The van der Waals surface area contributed by atoms with Crippen molar-refractivity contribution < 1.29 is 19.4 Å². The largest absolute Gasteiger partial charge is 0.490 e. The summed E-state index contributed by atoms with van der Waals surface area (Å²) in [6.45, 7) is 1.76. The Kier molecular flexibility index (Phi) is 8.86. The summed E-state index contributed by atoms with van der Waals surface area (Å²) < 4.78 is 11.2. The van der Waals surface area contributed by atoms with Crippen molar-refractivity contribution in [2.24, 2.45) is 0 Å². The van der Waals surface area contributed by atoms with Gasteiger partial charge in [-0.3, -0.25) is 4.79 Å². The van der Waals surface area contributed by atoms with E-state index in [2.05, 4.69) is 10.6 Å². The van der Waals surface area contributed by atoms with Gasteiger partial charge in [-0.1, -0.05) is 23.7 Å². The van der Waals surface area contributed by atoms with Crippen molar-refractivity contribution in [3.63, 3.8) is 0 Å². The van der Waals surface area contributed by atoms with Crippen molar-refractivity contribution >= 4 is 29.9 Å². The first-order valence-corrected chi connectivity index (χ1v) is 9.27. The van der Waals surface area contributed by atoms with Crippen LogP contribution in [0.3, 0.4) is 0 Å². The number of rotatable bonds is 8. The van der Waals surface area contributed by atoms with Crippen molar-refractivity contribution in [2.45, 2.75) is 25.1 Å². The summed E-state index contributed by atoms with van der Waals surface area (Å²) in [4.78, 5) is 12.0. The fourth-order valence-corrected chi connectivity index (χ4v) is 2.91. The number of aliphatic hydroxyl groups excluding tert-OH is 1. The average Bonchev–Trinajstić information content (AvgIpc) is 3.12. The normalized spacial score (nSPS) is 18.2. The van der Waals surface area contributed by atoms with Crippen LogP contribution < -0.4 is 20.1 Å². The van der Waals surface area contributed by atoms with Gasteiger partial charge in [-0.25, -0.2) is 0 Å². The molecule has 0 aromatic heterocycles. The zero-order chi connectivity index (χ0) is 19.1. The molecule has 1 heterocycles. The Morgan fingerprint density at radius 2 is 1.64 bits per heavy atom. The maximum absolute atomic E-state index is 12.0. The number of hydrogen-bond acceptors (Lipinski definition) is 5. The second-order valence-corrected chi connectivity index (χ2v) is 6.80. The topological polar surface area (TPSA) is 79.8 Å². The van der Waals surface area contributed by atoms with Gasteiger partial charge in [-0.2, -0.15) is 0 Å². The van der Waals surface area contributed by atoms with Crippen LogP contribution in [0.1, 0.15) is 12.0 Å². The lowest BCUT2D eigenvalue weighted by molar-refractivity contribution is -0.123. The van der Waals surface area contributed by atoms with E-state index in [-0.39, 0.29) is 24.4 Å². The average molecular weight is 427 g/mol. The molecule has 2 unspecified atom stereocenters. The minimum atomic E-state index is -0.444. The van der Waals surface area contributed by atoms with Crippen LogP contribution in [0.5, 0.6) is 11.5 Å². The Hall–Kier alpha value is -1.99. The number of hydrogen-bond donors (Lipinski definition) is 3. The van der Waals surface area contributed by atoms with Gasteiger partial charge < -0.3 is 25.2 Å². The third kappa shape index (κ3) is 6.87. The molecule has 2 aromatic carbocycles. The number of amides is 1. The summed E-state index contributed by atoms with van der Waals surface area (Å²) >= 11 is 5.83. The second kappa shape index (κ2) is 11.1. The van der Waals surface area contributed by atoms with Crippen LogP contribution in [0.25, 0.3) is 0 Å². The predicted molar refractivity (Wildman–Crippen MR) is 110 cm³/mol. The molecular weight excluding hydrogens is 403 g/mol. The highest BCUT2D eigenvalue weighted by atomic mass is 35.5. The van der Waals surface area contributed by atoms with Gasteiger partial charge in [0.25, 0.3) is 0 Å². The monoisotopic (exact) mass is 426 g/mol. The van der Waals surface area contributed by atoms with Crippen molar-refractivity contribution in [2.75, 3.05) is 19.8 Å². The highest BCUT2D eigenvalue weighted by molar-refractivity contribution is 6.30. The number of aliphatic hydroxyl groups is 1. The molecule has 0 saturated carbocycles. The Morgan fingerprint density at radius 1 is 1.07 bits per heavy atom. The lowest BCUT2D eigenvalue weighted by atomic mass is 10.1. The maximum atomic E-state index is 12.0. The lowest BCUT2D eigenvalue weighted by Gasteiger charge is -2.12. The summed E-state index contributed by atoms with van der Waals surface area (Å²) in [5.41, 5.74) is 0.978. The first-order valence-electron chi connectivity index (χ1n) is 8.89. The molecule has 28 heavy (non-hydrogen) atoms. The molecule has 0 bridgehead atoms. The van der Waals surface area contributed by atoms with Crippen LogP contribution >= 0.6 is 24.0 Å².